The molecule has 56 heavy (non-hydrogen) atoms. The number of H-pyrrole nitrogens is 1. The van der Waals surface area contributed by atoms with Gasteiger partial charge in [-0.1, -0.05) is 36.4 Å². The number of rotatable bonds is 12. The Bertz CT molecular complexity index is 1960. The van der Waals surface area contributed by atoms with Crippen LogP contribution in [-0.2, 0) is 24.0 Å². The standard InChI is InChI=1S/C42H51FN8O5/c1-25(45-38(52)27-11-12-27)41(55)51-20-6-10-35(51)40(54)46-30-17-21-49(22-18-30)33-16-15-29(23-31(33)43)32-24-44-37(47-32)34-9-5-19-50(34)42(56)36(26-7-3-2-4-8-26)48-39(53)28-13-14-28/h2-4,7-8,15-16,23-25,27-28,30,34-36H,5-6,9-14,17-22H2,1H3,(H,44,47)(H,45,52)(H,46,54)(H,48,53)/t25-,34+,35+,36-/m1/s1. The fourth-order valence-corrected chi connectivity index (χ4v) is 8.46. The lowest BCUT2D eigenvalue weighted by molar-refractivity contribution is -0.141. The Morgan fingerprint density at radius 3 is 2.14 bits per heavy atom. The Morgan fingerprint density at radius 2 is 1.45 bits per heavy atom. The Morgan fingerprint density at radius 1 is 0.768 bits per heavy atom. The summed E-state index contributed by atoms with van der Waals surface area (Å²) in [5.74, 6) is -0.511. The molecule has 1 aromatic heterocycles. The first kappa shape index (κ1) is 37.6. The number of hydrogen-bond acceptors (Lipinski definition) is 7. The van der Waals surface area contributed by atoms with Gasteiger partial charge >= 0.3 is 0 Å². The summed E-state index contributed by atoms with van der Waals surface area (Å²) in [6, 6.07) is 12.1. The highest BCUT2D eigenvalue weighted by atomic mass is 19.1. The SMILES string of the molecule is C[C@@H](NC(=O)C1CC1)C(=O)N1CCC[C@H]1C(=O)NC1CCN(c2ccc(-c3cnc([C@@H]4CCCN4C(=O)[C@H](NC(=O)C4CC4)c4ccccc4)[nH]3)cc2F)CC1. The van der Waals surface area contributed by atoms with E-state index in [9.17, 15) is 24.0 Å². The van der Waals surface area contributed by atoms with E-state index in [2.05, 4.69) is 25.9 Å². The zero-order chi connectivity index (χ0) is 38.9. The highest BCUT2D eigenvalue weighted by molar-refractivity contribution is 5.93. The van der Waals surface area contributed by atoms with Crippen LogP contribution in [0.3, 0.4) is 0 Å². The molecule has 296 valence electrons. The lowest BCUT2D eigenvalue weighted by Gasteiger charge is -2.35. The van der Waals surface area contributed by atoms with Crippen LogP contribution in [-0.4, -0.2) is 93.6 Å². The molecule has 5 fully saturated rings. The van der Waals surface area contributed by atoms with Crippen molar-refractivity contribution in [2.45, 2.75) is 101 Å². The third-order valence-corrected chi connectivity index (χ3v) is 12.0. The van der Waals surface area contributed by atoms with Gasteiger partial charge in [-0.25, -0.2) is 9.37 Å². The van der Waals surface area contributed by atoms with Crippen LogP contribution in [0.5, 0.6) is 0 Å². The number of aromatic nitrogens is 2. The molecule has 5 aliphatic rings. The molecule has 5 amide bonds. The minimum atomic E-state index is -0.780. The summed E-state index contributed by atoms with van der Waals surface area (Å²) >= 11 is 0. The van der Waals surface area contributed by atoms with Crippen LogP contribution in [0.2, 0.25) is 0 Å². The Balaban J connectivity index is 0.862. The number of imidazole rings is 1. The number of likely N-dealkylation sites (tertiary alicyclic amines) is 2. The first-order valence-electron chi connectivity index (χ1n) is 20.3. The van der Waals surface area contributed by atoms with Crippen LogP contribution in [0.15, 0.2) is 54.7 Å². The van der Waals surface area contributed by atoms with Gasteiger partial charge < -0.3 is 35.6 Å². The van der Waals surface area contributed by atoms with E-state index in [0.29, 0.717) is 68.2 Å². The summed E-state index contributed by atoms with van der Waals surface area (Å²) in [5, 5.41) is 8.95. The van der Waals surface area contributed by atoms with Gasteiger partial charge in [-0.15, -0.1) is 0 Å². The van der Waals surface area contributed by atoms with Crippen LogP contribution < -0.4 is 20.9 Å². The van der Waals surface area contributed by atoms with Crippen LogP contribution in [0.25, 0.3) is 11.3 Å². The number of hydrogen-bond donors (Lipinski definition) is 4. The van der Waals surface area contributed by atoms with Crippen molar-refractivity contribution < 1.29 is 28.4 Å². The molecule has 0 radical (unpaired) electrons. The van der Waals surface area contributed by atoms with Crippen molar-refractivity contribution in [1.29, 1.82) is 0 Å². The van der Waals surface area contributed by atoms with Crippen molar-refractivity contribution >= 4 is 35.2 Å². The monoisotopic (exact) mass is 766 g/mol. The smallest absolute Gasteiger partial charge is 0.250 e. The van der Waals surface area contributed by atoms with Gasteiger partial charge in [0.2, 0.25) is 29.5 Å². The average Bonchev–Trinajstić information content (AvgIpc) is 4.08. The van der Waals surface area contributed by atoms with Gasteiger partial charge in [0.15, 0.2) is 0 Å². The second kappa shape index (κ2) is 16.1. The molecule has 4 atom stereocenters. The van der Waals surface area contributed by atoms with Crippen molar-refractivity contribution in [3.8, 4) is 11.3 Å². The largest absolute Gasteiger partial charge is 0.369 e. The van der Waals surface area contributed by atoms with Gasteiger partial charge in [0.25, 0.3) is 0 Å². The maximum absolute atomic E-state index is 15.7. The number of halogens is 1. The van der Waals surface area contributed by atoms with Gasteiger partial charge in [0, 0.05) is 49.6 Å². The molecule has 3 saturated heterocycles. The zero-order valence-corrected chi connectivity index (χ0v) is 31.8. The number of nitrogens with zero attached hydrogens (tertiary/aromatic N) is 4. The van der Waals surface area contributed by atoms with Crippen molar-refractivity contribution in [2.75, 3.05) is 31.1 Å². The molecule has 2 aliphatic carbocycles. The summed E-state index contributed by atoms with van der Waals surface area (Å²) in [7, 11) is 0. The Hall–Kier alpha value is -5.27. The second-order valence-electron chi connectivity index (χ2n) is 16.1. The van der Waals surface area contributed by atoms with E-state index in [1.165, 1.54) is 6.07 Å². The molecule has 14 heteroatoms. The van der Waals surface area contributed by atoms with Gasteiger partial charge in [-0.3, -0.25) is 24.0 Å². The highest BCUT2D eigenvalue weighted by Crippen LogP contribution is 2.36. The number of amides is 5. The summed E-state index contributed by atoms with van der Waals surface area (Å²) in [6.45, 7) is 3.83. The quantitative estimate of drug-likeness (QED) is 0.216. The lowest BCUT2D eigenvalue weighted by atomic mass is 10.0. The van der Waals surface area contributed by atoms with Crippen molar-refractivity contribution in [2.24, 2.45) is 11.8 Å². The number of nitrogens with one attached hydrogen (secondary N) is 4. The molecule has 4 heterocycles. The molecule has 4 N–H and O–H groups in total. The van der Waals surface area contributed by atoms with E-state index < -0.39 is 18.1 Å². The van der Waals surface area contributed by atoms with Crippen LogP contribution in [0, 0.1) is 17.7 Å². The molecule has 3 aliphatic heterocycles. The van der Waals surface area contributed by atoms with Crippen molar-refractivity contribution in [1.82, 2.24) is 35.7 Å². The predicted octanol–water partition coefficient (Wildman–Crippen LogP) is 4.14. The number of carbonyl (C=O) groups excluding carboxylic acids is 5. The summed E-state index contributed by atoms with van der Waals surface area (Å²) < 4.78 is 15.7. The number of piperidine rings is 1. The normalized spacial score (nSPS) is 22.4. The molecular weight excluding hydrogens is 716 g/mol. The van der Waals surface area contributed by atoms with E-state index in [4.69, 9.17) is 0 Å². The Kier molecular flexibility index (Phi) is 10.8. The average molecular weight is 767 g/mol. The van der Waals surface area contributed by atoms with E-state index in [-0.39, 0.29) is 59.3 Å². The van der Waals surface area contributed by atoms with Crippen LogP contribution >= 0.6 is 0 Å². The highest BCUT2D eigenvalue weighted by Gasteiger charge is 2.40. The fourth-order valence-electron chi connectivity index (χ4n) is 8.46. The molecule has 2 saturated carbocycles. The first-order chi connectivity index (χ1) is 27.1. The molecular formula is C42H51FN8O5. The van der Waals surface area contributed by atoms with Gasteiger partial charge in [-0.05, 0) is 88.8 Å². The van der Waals surface area contributed by atoms with Gasteiger partial charge in [0.1, 0.15) is 29.8 Å². The Labute approximate surface area is 326 Å². The second-order valence-corrected chi connectivity index (χ2v) is 16.1. The number of benzene rings is 2. The fraction of sp³-hybridized carbons (Fsp3) is 0.524. The summed E-state index contributed by atoms with van der Waals surface area (Å²) in [5.41, 5.74) is 2.51. The topological polar surface area (TPSA) is 160 Å². The molecule has 2 aromatic carbocycles. The molecule has 0 unspecified atom stereocenters. The van der Waals surface area contributed by atoms with Crippen molar-refractivity contribution in [3.05, 3.63) is 71.9 Å². The van der Waals surface area contributed by atoms with Gasteiger partial charge in [-0.2, -0.15) is 0 Å². The molecule has 8 rings (SSSR count). The summed E-state index contributed by atoms with van der Waals surface area (Å²) in [4.78, 5) is 78.9. The third kappa shape index (κ3) is 8.15. The number of anilines is 1. The molecule has 0 spiro atoms. The predicted molar refractivity (Wildman–Crippen MR) is 206 cm³/mol. The molecule has 13 nitrogen and oxygen atoms in total. The van der Waals surface area contributed by atoms with Crippen LogP contribution in [0.4, 0.5) is 10.1 Å². The van der Waals surface area contributed by atoms with E-state index in [1.807, 2.05) is 41.3 Å². The zero-order valence-electron chi connectivity index (χ0n) is 31.8. The van der Waals surface area contributed by atoms with E-state index in [0.717, 1.165) is 50.5 Å². The summed E-state index contributed by atoms with van der Waals surface area (Å²) in [6.07, 6.45) is 9.19. The first-order valence-corrected chi connectivity index (χ1v) is 20.3. The lowest BCUT2D eigenvalue weighted by Crippen LogP contribution is -2.55. The minimum Gasteiger partial charge on any atom is -0.369 e. The van der Waals surface area contributed by atoms with E-state index >= 15 is 4.39 Å². The van der Waals surface area contributed by atoms with Crippen LogP contribution in [0.1, 0.15) is 94.6 Å². The van der Waals surface area contributed by atoms with Gasteiger partial charge in [0.05, 0.1) is 23.6 Å². The number of aromatic amines is 1. The third-order valence-electron chi connectivity index (χ3n) is 12.0. The van der Waals surface area contributed by atoms with E-state index in [1.54, 1.807) is 29.0 Å². The maximum atomic E-state index is 15.7. The minimum absolute atomic E-state index is 0.00607. The molecule has 3 aromatic rings. The van der Waals surface area contributed by atoms with Crippen molar-refractivity contribution in [3.63, 3.8) is 0 Å². The number of carbonyl (C=O) groups is 5. The maximum Gasteiger partial charge on any atom is 0.250 e. The molecule has 0 bridgehead atoms.